The molecule has 0 aliphatic rings. The first-order valence-corrected chi connectivity index (χ1v) is 9.34. The third kappa shape index (κ3) is 6.53. The van der Waals surface area contributed by atoms with Gasteiger partial charge in [-0.2, -0.15) is 10.1 Å². The van der Waals surface area contributed by atoms with Crippen molar-refractivity contribution in [3.63, 3.8) is 0 Å². The zero-order valence-electron chi connectivity index (χ0n) is 16.4. The van der Waals surface area contributed by atoms with Crippen molar-refractivity contribution in [2.75, 3.05) is 13.2 Å². The number of carbonyl (C=O) groups excluding carboxylic acids is 1. The Kier molecular flexibility index (Phi) is 8.20. The number of hydrogen-bond acceptors (Lipinski definition) is 6. The van der Waals surface area contributed by atoms with Crippen LogP contribution in [0.25, 0.3) is 0 Å². The summed E-state index contributed by atoms with van der Waals surface area (Å²) in [6.07, 6.45) is 4.74. The summed E-state index contributed by atoms with van der Waals surface area (Å²) in [5, 5.41) is 3.92. The highest BCUT2D eigenvalue weighted by Crippen LogP contribution is 2.28. The van der Waals surface area contributed by atoms with Gasteiger partial charge in [0.2, 0.25) is 0 Å². The van der Waals surface area contributed by atoms with E-state index >= 15 is 0 Å². The number of nitrogens with zero attached hydrogens (tertiary/aromatic N) is 2. The van der Waals surface area contributed by atoms with Crippen LogP contribution in [0.15, 0.2) is 34.2 Å². The lowest BCUT2D eigenvalue weighted by molar-refractivity contribution is 0.0949. The van der Waals surface area contributed by atoms with E-state index in [9.17, 15) is 9.59 Å². The number of ether oxygens (including phenoxy) is 2. The van der Waals surface area contributed by atoms with Crippen LogP contribution in [0.4, 0.5) is 0 Å². The van der Waals surface area contributed by atoms with Crippen molar-refractivity contribution in [3.8, 4) is 11.5 Å². The van der Waals surface area contributed by atoms with E-state index < -0.39 is 11.6 Å². The van der Waals surface area contributed by atoms with Gasteiger partial charge in [0.1, 0.15) is 5.69 Å². The molecule has 0 bridgehead atoms. The minimum absolute atomic E-state index is 0.00392. The number of benzene rings is 1. The van der Waals surface area contributed by atoms with Crippen molar-refractivity contribution < 1.29 is 14.3 Å². The average Bonchev–Trinajstić information content (AvgIpc) is 2.66. The lowest BCUT2D eigenvalue weighted by Gasteiger charge is -2.12. The van der Waals surface area contributed by atoms with Gasteiger partial charge in [-0.1, -0.05) is 19.8 Å². The fraction of sp³-hybridized carbons (Fsp3) is 0.400. The topological polar surface area (TPSA) is 106 Å². The first-order valence-electron chi connectivity index (χ1n) is 9.34. The second kappa shape index (κ2) is 10.9. The van der Waals surface area contributed by atoms with Gasteiger partial charge in [-0.25, -0.2) is 10.2 Å². The van der Waals surface area contributed by atoms with E-state index in [1.165, 1.54) is 12.3 Å². The maximum atomic E-state index is 12.0. The molecular formula is C20H26N4O4. The Morgan fingerprint density at radius 1 is 1.21 bits per heavy atom. The summed E-state index contributed by atoms with van der Waals surface area (Å²) in [7, 11) is 0. The van der Waals surface area contributed by atoms with Crippen LogP contribution in [-0.4, -0.2) is 35.3 Å². The number of carbonyl (C=O) groups is 1. The number of rotatable bonds is 10. The van der Waals surface area contributed by atoms with Gasteiger partial charge in [0, 0.05) is 5.69 Å². The summed E-state index contributed by atoms with van der Waals surface area (Å²) in [6.45, 7) is 6.87. The van der Waals surface area contributed by atoms with Gasteiger partial charge in [0.25, 0.3) is 5.91 Å². The molecule has 8 heteroatoms. The van der Waals surface area contributed by atoms with Crippen LogP contribution in [0.2, 0.25) is 0 Å². The van der Waals surface area contributed by atoms with Gasteiger partial charge in [0.15, 0.2) is 11.5 Å². The van der Waals surface area contributed by atoms with E-state index in [1.54, 1.807) is 13.0 Å². The molecule has 0 saturated heterocycles. The number of nitrogens with one attached hydrogen (secondary N) is 2. The summed E-state index contributed by atoms with van der Waals surface area (Å²) in [5.74, 6) is 0.745. The molecule has 150 valence electrons. The average molecular weight is 386 g/mol. The van der Waals surface area contributed by atoms with Crippen LogP contribution >= 0.6 is 0 Å². The predicted molar refractivity (Wildman–Crippen MR) is 107 cm³/mol. The number of unbranched alkanes of at least 4 members (excludes halogenated alkanes) is 2. The minimum atomic E-state index is -0.579. The zero-order valence-corrected chi connectivity index (χ0v) is 16.4. The zero-order chi connectivity index (χ0) is 20.4. The number of hydrogen-bond donors (Lipinski definition) is 2. The van der Waals surface area contributed by atoms with Crippen molar-refractivity contribution in [1.82, 2.24) is 15.4 Å². The van der Waals surface area contributed by atoms with Crippen molar-refractivity contribution in [1.29, 1.82) is 0 Å². The molecule has 1 aromatic heterocycles. The van der Waals surface area contributed by atoms with Gasteiger partial charge in [0.05, 0.1) is 19.4 Å². The minimum Gasteiger partial charge on any atom is -0.490 e. The fourth-order valence-electron chi connectivity index (χ4n) is 2.45. The number of aryl methyl sites for hydroxylation is 1. The molecule has 0 aliphatic carbocycles. The van der Waals surface area contributed by atoms with Gasteiger partial charge in [-0.3, -0.25) is 4.79 Å². The van der Waals surface area contributed by atoms with Crippen LogP contribution in [0.3, 0.4) is 0 Å². The monoisotopic (exact) mass is 386 g/mol. The van der Waals surface area contributed by atoms with Gasteiger partial charge >= 0.3 is 5.69 Å². The molecule has 28 heavy (non-hydrogen) atoms. The molecule has 0 aliphatic heterocycles. The summed E-state index contributed by atoms with van der Waals surface area (Å²) in [5.41, 5.74) is 3.07. The van der Waals surface area contributed by atoms with Crippen molar-refractivity contribution in [3.05, 3.63) is 51.7 Å². The van der Waals surface area contributed by atoms with Crippen LogP contribution in [-0.2, 0) is 0 Å². The van der Waals surface area contributed by atoms with E-state index in [-0.39, 0.29) is 5.69 Å². The smallest absolute Gasteiger partial charge is 0.345 e. The number of hydrazone groups is 1. The highest BCUT2D eigenvalue weighted by Gasteiger charge is 2.08. The Balaban J connectivity index is 2.02. The molecular weight excluding hydrogens is 360 g/mol. The van der Waals surface area contributed by atoms with Crippen LogP contribution < -0.4 is 20.6 Å². The van der Waals surface area contributed by atoms with Crippen molar-refractivity contribution in [2.45, 2.75) is 40.0 Å². The van der Waals surface area contributed by atoms with Gasteiger partial charge in [-0.05, 0) is 50.1 Å². The first kappa shape index (κ1) is 21.1. The predicted octanol–water partition coefficient (Wildman–Crippen LogP) is 2.81. The Labute approximate surface area is 164 Å². The maximum Gasteiger partial charge on any atom is 0.345 e. The largest absolute Gasteiger partial charge is 0.490 e. The third-order valence-electron chi connectivity index (χ3n) is 3.76. The molecule has 1 aromatic carbocycles. The van der Waals surface area contributed by atoms with Crippen LogP contribution in [0.1, 0.15) is 54.9 Å². The molecule has 0 fully saturated rings. The normalized spacial score (nSPS) is 10.8. The molecule has 0 radical (unpaired) electrons. The Morgan fingerprint density at radius 2 is 2.04 bits per heavy atom. The maximum absolute atomic E-state index is 12.0. The lowest BCUT2D eigenvalue weighted by Crippen LogP contribution is -2.24. The SMILES string of the molecule is CCCCCOc1ccc(/C=N/NC(=O)c2cc(C)[nH]c(=O)n2)cc1OCC. The Morgan fingerprint density at radius 3 is 2.75 bits per heavy atom. The third-order valence-corrected chi connectivity index (χ3v) is 3.76. The van der Waals surface area contributed by atoms with Gasteiger partial charge in [-0.15, -0.1) is 0 Å². The number of H-pyrrole nitrogens is 1. The van der Waals surface area contributed by atoms with E-state index in [0.717, 1.165) is 24.8 Å². The summed E-state index contributed by atoms with van der Waals surface area (Å²) in [4.78, 5) is 29.5. The Bertz CT molecular complexity index is 877. The highest BCUT2D eigenvalue weighted by atomic mass is 16.5. The molecule has 1 heterocycles. The van der Waals surface area contributed by atoms with Crippen LogP contribution in [0, 0.1) is 6.92 Å². The molecule has 0 atom stereocenters. The number of amides is 1. The molecule has 2 rings (SSSR count). The quantitative estimate of drug-likeness (QED) is 0.371. The van der Waals surface area contributed by atoms with E-state index in [1.807, 2.05) is 19.1 Å². The molecule has 0 saturated carbocycles. The van der Waals surface area contributed by atoms with E-state index in [2.05, 4.69) is 27.4 Å². The second-order valence-electron chi connectivity index (χ2n) is 6.15. The summed E-state index contributed by atoms with van der Waals surface area (Å²) < 4.78 is 11.4. The molecule has 2 N–H and O–H groups in total. The molecule has 0 spiro atoms. The fourth-order valence-corrected chi connectivity index (χ4v) is 2.45. The number of aromatic amines is 1. The standard InChI is InChI=1S/C20H26N4O4/c1-4-6-7-10-28-17-9-8-15(12-18(17)27-5-2)13-21-24-19(25)16-11-14(3)22-20(26)23-16/h8-9,11-13H,4-7,10H2,1-3H3,(H,24,25)(H,22,23,26)/b21-13+. The Hall–Kier alpha value is -3.16. The molecule has 2 aromatic rings. The first-order chi connectivity index (χ1) is 13.5. The highest BCUT2D eigenvalue weighted by molar-refractivity contribution is 5.93. The summed E-state index contributed by atoms with van der Waals surface area (Å²) in [6, 6.07) is 6.92. The van der Waals surface area contributed by atoms with Gasteiger partial charge < -0.3 is 14.5 Å². The molecule has 1 amide bonds. The van der Waals surface area contributed by atoms with Crippen LogP contribution in [0.5, 0.6) is 11.5 Å². The van der Waals surface area contributed by atoms with E-state index in [4.69, 9.17) is 9.47 Å². The van der Waals surface area contributed by atoms with Crippen molar-refractivity contribution in [2.24, 2.45) is 5.10 Å². The lowest BCUT2D eigenvalue weighted by atomic mass is 10.2. The van der Waals surface area contributed by atoms with Crippen molar-refractivity contribution >= 4 is 12.1 Å². The van der Waals surface area contributed by atoms with E-state index in [0.29, 0.717) is 30.4 Å². The summed E-state index contributed by atoms with van der Waals surface area (Å²) >= 11 is 0. The number of aromatic nitrogens is 2. The second-order valence-corrected chi connectivity index (χ2v) is 6.15. The molecule has 8 nitrogen and oxygen atoms in total. The molecule has 0 unspecified atom stereocenters.